The fourth-order valence-electron chi connectivity index (χ4n) is 3.20. The molecule has 2 heterocycles. The first-order chi connectivity index (χ1) is 14.2. The van der Waals surface area contributed by atoms with Crippen molar-refractivity contribution in [1.29, 1.82) is 0 Å². The fraction of sp³-hybridized carbons (Fsp3) is 0.500. The van der Waals surface area contributed by atoms with E-state index in [0.29, 0.717) is 30.3 Å². The van der Waals surface area contributed by atoms with Gasteiger partial charge in [0.15, 0.2) is 0 Å². The number of thiocarbonyl (C=S) groups is 1. The first-order valence-electron chi connectivity index (χ1n) is 9.22. The number of hydroxylamine groups is 2. The summed E-state index contributed by atoms with van der Waals surface area (Å²) in [6.07, 6.45) is 0.0834. The fourth-order valence-corrected chi connectivity index (χ4v) is 4.62. The van der Waals surface area contributed by atoms with Gasteiger partial charge in [0.1, 0.15) is 10.9 Å². The third-order valence-electron chi connectivity index (χ3n) is 4.64. The van der Waals surface area contributed by atoms with Crippen molar-refractivity contribution in [3.05, 3.63) is 35.9 Å². The molecule has 2 atom stereocenters. The Balaban J connectivity index is 1.62. The molecule has 7 nitrogen and oxygen atoms in total. The van der Waals surface area contributed by atoms with Crippen LogP contribution in [0.15, 0.2) is 30.3 Å². The molecule has 1 N–H and O–H groups in total. The van der Waals surface area contributed by atoms with E-state index in [1.54, 1.807) is 4.90 Å². The minimum atomic E-state index is -2.21. The molecule has 1 aromatic rings. The first kappa shape index (κ1) is 23.8. The Labute approximate surface area is 199 Å². The highest BCUT2D eigenvalue weighted by Crippen LogP contribution is 2.29. The zero-order valence-electron chi connectivity index (χ0n) is 15.8. The predicted octanol–water partition coefficient (Wildman–Crippen LogP) is 3.87. The summed E-state index contributed by atoms with van der Waals surface area (Å²) in [5, 5.41) is 4.24. The van der Waals surface area contributed by atoms with Crippen molar-refractivity contribution in [2.45, 2.75) is 35.5 Å². The predicted molar refractivity (Wildman–Crippen MR) is 121 cm³/mol. The number of amides is 2. The highest BCUT2D eigenvalue weighted by atomic mass is 35.6. The molecular formula is C18H20Cl3N3O4S2. The van der Waals surface area contributed by atoms with Crippen molar-refractivity contribution in [3.63, 3.8) is 0 Å². The van der Waals surface area contributed by atoms with Crippen LogP contribution in [0.2, 0.25) is 0 Å². The lowest BCUT2D eigenvalue weighted by atomic mass is 9.99. The Morgan fingerprint density at radius 3 is 2.57 bits per heavy atom. The van der Waals surface area contributed by atoms with Crippen LogP contribution in [0.4, 0.5) is 4.79 Å². The van der Waals surface area contributed by atoms with Crippen LogP contribution in [0, 0.1) is 0 Å². The van der Waals surface area contributed by atoms with Gasteiger partial charge in [-0.2, -0.15) is 5.06 Å². The molecule has 0 spiro atoms. The van der Waals surface area contributed by atoms with Crippen LogP contribution in [-0.2, 0) is 21.0 Å². The summed E-state index contributed by atoms with van der Waals surface area (Å²) in [6.45, 7) is 1.06. The maximum atomic E-state index is 12.7. The van der Waals surface area contributed by atoms with Crippen molar-refractivity contribution in [2.24, 2.45) is 0 Å². The second-order valence-corrected chi connectivity index (χ2v) is 10.6. The van der Waals surface area contributed by atoms with Crippen molar-refractivity contribution in [2.75, 3.05) is 18.8 Å². The monoisotopic (exact) mass is 511 g/mol. The highest BCUT2D eigenvalue weighted by Gasteiger charge is 2.38. The average molecular weight is 513 g/mol. The van der Waals surface area contributed by atoms with Crippen LogP contribution in [0.5, 0.6) is 0 Å². The Morgan fingerprint density at radius 2 is 2.00 bits per heavy atom. The molecule has 30 heavy (non-hydrogen) atoms. The number of nitrogens with one attached hydrogen (secondary N) is 1. The number of hydrogen-bond acceptors (Lipinski definition) is 7. The molecule has 0 bridgehead atoms. The van der Waals surface area contributed by atoms with Gasteiger partial charge in [-0.15, -0.1) is 0 Å². The molecule has 164 valence electrons. The molecule has 0 radical (unpaired) electrons. The molecular weight excluding hydrogens is 493 g/mol. The quantitative estimate of drug-likeness (QED) is 0.365. The summed E-state index contributed by atoms with van der Waals surface area (Å²) >= 11 is 23.5. The largest absolute Gasteiger partial charge is 0.437 e. The van der Waals surface area contributed by atoms with Crippen molar-refractivity contribution in [1.82, 2.24) is 15.3 Å². The number of alkyl halides is 3. The Hall–Kier alpha value is -0.810. The molecule has 2 fully saturated rings. The van der Waals surface area contributed by atoms with E-state index in [-0.39, 0.29) is 18.6 Å². The number of benzene rings is 1. The normalized spacial score (nSPS) is 22.1. The number of carbonyl (C=O) groups excluding carboxylic acids is 2. The van der Waals surface area contributed by atoms with Crippen LogP contribution < -0.4 is 5.32 Å². The lowest BCUT2D eigenvalue weighted by Gasteiger charge is -2.36. The molecule has 2 amide bonds. The van der Waals surface area contributed by atoms with Gasteiger partial charge in [-0.3, -0.25) is 14.5 Å². The molecule has 2 saturated heterocycles. The van der Waals surface area contributed by atoms with Gasteiger partial charge in [-0.1, -0.05) is 54.3 Å². The van der Waals surface area contributed by atoms with E-state index in [1.807, 2.05) is 30.3 Å². The van der Waals surface area contributed by atoms with Crippen LogP contribution >= 0.6 is 58.8 Å². The van der Waals surface area contributed by atoms with Gasteiger partial charge in [0.25, 0.3) is 0 Å². The van der Waals surface area contributed by atoms with Crippen LogP contribution in [0.1, 0.15) is 18.4 Å². The van der Waals surface area contributed by atoms with E-state index in [4.69, 9.17) is 56.6 Å². The molecule has 12 heteroatoms. The van der Waals surface area contributed by atoms with E-state index >= 15 is 0 Å². The lowest BCUT2D eigenvalue weighted by Crippen LogP contribution is -2.56. The second kappa shape index (κ2) is 10.7. The van der Waals surface area contributed by atoms with Crippen LogP contribution in [0.3, 0.4) is 0 Å². The Kier molecular flexibility index (Phi) is 8.48. The number of hydrogen-bond donors (Lipinski definition) is 1. The van der Waals surface area contributed by atoms with Crippen LogP contribution in [-0.4, -0.2) is 61.2 Å². The first-order valence-corrected chi connectivity index (χ1v) is 11.7. The Morgan fingerprint density at radius 1 is 1.27 bits per heavy atom. The summed E-state index contributed by atoms with van der Waals surface area (Å²) in [6, 6.07) is 8.55. The molecule has 0 aliphatic carbocycles. The van der Waals surface area contributed by atoms with Gasteiger partial charge in [0, 0.05) is 18.8 Å². The van der Waals surface area contributed by atoms with Crippen molar-refractivity contribution in [3.8, 4) is 0 Å². The van der Waals surface area contributed by atoms with Crippen molar-refractivity contribution < 1.29 is 19.2 Å². The average Bonchev–Trinajstić information content (AvgIpc) is 3.13. The van der Waals surface area contributed by atoms with Gasteiger partial charge >= 0.3 is 10.1 Å². The molecule has 0 unspecified atom stereocenters. The summed E-state index contributed by atoms with van der Waals surface area (Å²) in [5.74, 6) is 0.758. The molecule has 2 aliphatic rings. The third-order valence-corrected chi connectivity index (χ3v) is 6.30. The van der Waals surface area contributed by atoms with Crippen molar-refractivity contribution >= 4 is 75.1 Å². The maximum Gasteiger partial charge on any atom is 0.437 e. The number of thioether (sulfide) groups is 1. The van der Waals surface area contributed by atoms with Gasteiger partial charge in [-0.05, 0) is 53.2 Å². The summed E-state index contributed by atoms with van der Waals surface area (Å²) in [5.41, 5.74) is 0.862. The molecule has 1 aromatic carbocycles. The van der Waals surface area contributed by atoms with Gasteiger partial charge in [0.2, 0.25) is 5.91 Å². The summed E-state index contributed by atoms with van der Waals surface area (Å²) in [4.78, 5) is 32.6. The molecule has 3 rings (SSSR count). The van der Waals surface area contributed by atoms with Gasteiger partial charge in [-0.25, -0.2) is 4.79 Å². The third kappa shape index (κ3) is 6.59. The van der Waals surface area contributed by atoms with Gasteiger partial charge in [0.05, 0.1) is 12.1 Å². The summed E-state index contributed by atoms with van der Waals surface area (Å²) < 4.78 is 3.23. The minimum absolute atomic E-state index is 0.0518. The molecule has 0 aromatic heterocycles. The van der Waals surface area contributed by atoms with Gasteiger partial charge < -0.3 is 10.1 Å². The lowest BCUT2D eigenvalue weighted by molar-refractivity contribution is -0.176. The van der Waals surface area contributed by atoms with E-state index in [1.165, 1.54) is 11.8 Å². The standard InChI is InChI=1S/C18H20Cl3N3O4S2/c19-18(20,21)28-16(26)24(27-11-12-4-2-1-3-5-12)13-6-7-14(22-10-13)15(25)23-8-9-30-17(23)29/h1-5,13-14,22H,6-11H2/t13-,14+/m1/s1. The highest BCUT2D eigenvalue weighted by molar-refractivity contribution is 8.23. The SMILES string of the molecule is O=C([C@@H]1CC[C@@H](N(OCc2ccccc2)C(=O)OC(Cl)(Cl)Cl)CN1)N1CCSC1=S. The molecule has 0 saturated carbocycles. The van der Waals surface area contributed by atoms with E-state index in [9.17, 15) is 9.59 Å². The molecule has 2 aliphatic heterocycles. The Bertz CT molecular complexity index is 774. The minimum Gasteiger partial charge on any atom is -0.396 e. The summed E-state index contributed by atoms with van der Waals surface area (Å²) in [7, 11) is 0. The number of ether oxygens (including phenoxy) is 1. The number of nitrogens with zero attached hydrogens (tertiary/aromatic N) is 2. The number of rotatable bonds is 5. The topological polar surface area (TPSA) is 71.1 Å². The zero-order valence-corrected chi connectivity index (χ0v) is 19.7. The van der Waals surface area contributed by atoms with E-state index in [0.717, 1.165) is 16.4 Å². The van der Waals surface area contributed by atoms with E-state index < -0.39 is 16.1 Å². The van der Waals surface area contributed by atoms with E-state index in [2.05, 4.69) is 5.32 Å². The smallest absolute Gasteiger partial charge is 0.396 e. The number of piperidine rings is 1. The maximum absolute atomic E-state index is 12.7. The van der Waals surface area contributed by atoms with Crippen LogP contribution in [0.25, 0.3) is 0 Å². The second-order valence-electron chi connectivity index (χ2n) is 6.69. The number of halogens is 3. The zero-order chi connectivity index (χ0) is 21.7. The number of carbonyl (C=O) groups is 2.